The number of carbonyl (C=O) groups is 2. The molecule has 0 bridgehead atoms. The van der Waals surface area contributed by atoms with E-state index < -0.39 is 27.5 Å². The summed E-state index contributed by atoms with van der Waals surface area (Å²) >= 11 is 0. The molecular formula is C27H30N4O6S. The first-order valence-corrected chi connectivity index (χ1v) is 14.0. The summed E-state index contributed by atoms with van der Waals surface area (Å²) in [5.74, 6) is -0.0393. The van der Waals surface area contributed by atoms with Crippen molar-refractivity contribution in [1.82, 2.24) is 20.3 Å². The number of amides is 2. The van der Waals surface area contributed by atoms with Gasteiger partial charge in [-0.15, -0.1) is 0 Å². The molecule has 1 aliphatic carbocycles. The van der Waals surface area contributed by atoms with E-state index >= 15 is 0 Å². The largest absolute Gasteiger partial charge is 0.497 e. The molecule has 38 heavy (non-hydrogen) atoms. The molecule has 4 atom stereocenters. The summed E-state index contributed by atoms with van der Waals surface area (Å²) in [5.41, 5.74) is -1.26. The van der Waals surface area contributed by atoms with Crippen molar-refractivity contribution in [3.63, 3.8) is 0 Å². The zero-order valence-electron chi connectivity index (χ0n) is 21.1. The van der Waals surface area contributed by atoms with Gasteiger partial charge in [-0.2, -0.15) is 0 Å². The Balaban J connectivity index is 1.24. The predicted molar refractivity (Wildman–Crippen MR) is 140 cm³/mol. The van der Waals surface area contributed by atoms with Gasteiger partial charge in [0.1, 0.15) is 17.4 Å². The second-order valence-electron chi connectivity index (χ2n) is 9.66. The fourth-order valence-corrected chi connectivity index (χ4v) is 6.05. The molecule has 3 aromatic rings. The van der Waals surface area contributed by atoms with Crippen LogP contribution in [0.2, 0.25) is 0 Å². The lowest BCUT2D eigenvalue weighted by Crippen LogP contribution is -2.55. The number of fused-ring (bicyclic) bond motifs is 1. The van der Waals surface area contributed by atoms with Crippen molar-refractivity contribution in [2.24, 2.45) is 5.92 Å². The zero-order chi connectivity index (χ0) is 26.9. The predicted octanol–water partition coefficient (Wildman–Crippen LogP) is 2.14. The van der Waals surface area contributed by atoms with Crippen molar-refractivity contribution in [2.75, 3.05) is 13.7 Å². The van der Waals surface area contributed by atoms with Gasteiger partial charge in [-0.1, -0.05) is 31.5 Å². The fraction of sp³-hybridized carbons (Fsp3) is 0.370. The van der Waals surface area contributed by atoms with Crippen molar-refractivity contribution >= 4 is 32.6 Å². The van der Waals surface area contributed by atoms with Gasteiger partial charge in [0.2, 0.25) is 11.8 Å². The molecule has 5 rings (SSSR count). The third-order valence-corrected chi connectivity index (χ3v) is 8.60. The lowest BCUT2D eigenvalue weighted by atomic mass is 10.1. The summed E-state index contributed by atoms with van der Waals surface area (Å²) in [7, 11) is -2.45. The lowest BCUT2D eigenvalue weighted by molar-refractivity contribution is -0.130. The molecule has 1 aromatic heterocycles. The Morgan fingerprint density at radius 3 is 2.66 bits per heavy atom. The molecule has 2 fully saturated rings. The monoisotopic (exact) mass is 538 g/mol. The number of benzene rings is 2. The van der Waals surface area contributed by atoms with Crippen molar-refractivity contribution in [3.8, 4) is 11.6 Å². The van der Waals surface area contributed by atoms with Crippen LogP contribution in [-0.4, -0.2) is 56.6 Å². The zero-order valence-corrected chi connectivity index (χ0v) is 22.0. The number of pyridine rings is 1. The average molecular weight is 539 g/mol. The van der Waals surface area contributed by atoms with Crippen LogP contribution in [-0.2, 0) is 19.6 Å². The highest BCUT2D eigenvalue weighted by Crippen LogP contribution is 2.46. The van der Waals surface area contributed by atoms with Crippen LogP contribution in [0.1, 0.15) is 26.2 Å². The van der Waals surface area contributed by atoms with E-state index in [-0.39, 0.29) is 22.8 Å². The molecule has 10 nitrogen and oxygen atoms in total. The number of carbonyl (C=O) groups excluding carboxylic acids is 2. The van der Waals surface area contributed by atoms with E-state index in [0.717, 1.165) is 16.5 Å². The van der Waals surface area contributed by atoms with Gasteiger partial charge in [0.05, 0.1) is 18.0 Å². The molecular weight excluding hydrogens is 508 g/mol. The minimum Gasteiger partial charge on any atom is -0.497 e. The standard InChI is InChI=1S/C27H30N4O6S/c1-3-18-15-27(18,26(33)31-38(34,35)21-7-5-4-6-8-21)30-24(32)23-14-20(16-29-23)37-25-22-10-9-19(36-2)13-17(22)11-12-28-25/h4-13,18,20,23,29H,3,14-16H2,1-2H3,(H,30,32)(H,31,33)/t18-,20?,23+,27-/m1/s1. The molecule has 2 heterocycles. The number of rotatable bonds is 9. The smallest absolute Gasteiger partial charge is 0.264 e. The van der Waals surface area contributed by atoms with Crippen LogP contribution in [0.15, 0.2) is 65.7 Å². The van der Waals surface area contributed by atoms with Gasteiger partial charge in [-0.25, -0.2) is 18.1 Å². The third kappa shape index (κ3) is 5.03. The summed E-state index contributed by atoms with van der Waals surface area (Å²) in [6, 6.07) is 14.6. The number of sulfonamides is 1. The number of hydrogen-bond acceptors (Lipinski definition) is 8. The first kappa shape index (κ1) is 25.9. The van der Waals surface area contributed by atoms with Crippen molar-refractivity contribution in [2.45, 2.75) is 48.8 Å². The first-order valence-electron chi connectivity index (χ1n) is 12.5. The third-order valence-electron chi connectivity index (χ3n) is 7.25. The van der Waals surface area contributed by atoms with E-state index in [1.165, 1.54) is 12.1 Å². The van der Waals surface area contributed by atoms with Gasteiger partial charge >= 0.3 is 0 Å². The van der Waals surface area contributed by atoms with E-state index in [0.29, 0.717) is 31.7 Å². The number of nitrogens with zero attached hydrogens (tertiary/aromatic N) is 1. The summed E-state index contributed by atoms with van der Waals surface area (Å²) in [6.45, 7) is 2.33. The molecule has 1 aliphatic heterocycles. The minimum atomic E-state index is -4.06. The summed E-state index contributed by atoms with van der Waals surface area (Å²) < 4.78 is 39.0. The maximum atomic E-state index is 13.2. The van der Waals surface area contributed by atoms with Gasteiger partial charge in [-0.3, -0.25) is 9.59 Å². The number of hydrogen-bond donors (Lipinski definition) is 3. The average Bonchev–Trinajstić information content (AvgIpc) is 3.44. The van der Waals surface area contributed by atoms with Gasteiger partial charge < -0.3 is 20.1 Å². The highest BCUT2D eigenvalue weighted by atomic mass is 32.2. The van der Waals surface area contributed by atoms with Crippen LogP contribution in [0.25, 0.3) is 10.8 Å². The van der Waals surface area contributed by atoms with Crippen molar-refractivity contribution in [3.05, 3.63) is 60.8 Å². The Kier molecular flexibility index (Phi) is 6.97. The van der Waals surface area contributed by atoms with Gasteiger partial charge in [-0.05, 0) is 54.1 Å². The molecule has 1 saturated heterocycles. The van der Waals surface area contributed by atoms with E-state index in [2.05, 4.69) is 20.3 Å². The Bertz CT molecular complexity index is 1460. The fourth-order valence-electron chi connectivity index (χ4n) is 4.99. The van der Waals surface area contributed by atoms with Gasteiger partial charge in [0, 0.05) is 24.5 Å². The van der Waals surface area contributed by atoms with Crippen LogP contribution < -0.4 is 24.8 Å². The number of ether oxygens (including phenoxy) is 2. The Morgan fingerprint density at radius 2 is 1.95 bits per heavy atom. The lowest BCUT2D eigenvalue weighted by Gasteiger charge is -2.21. The molecule has 200 valence electrons. The van der Waals surface area contributed by atoms with Crippen LogP contribution in [0.5, 0.6) is 11.6 Å². The highest BCUT2D eigenvalue weighted by Gasteiger charge is 2.61. The van der Waals surface area contributed by atoms with E-state index in [9.17, 15) is 18.0 Å². The van der Waals surface area contributed by atoms with Crippen molar-refractivity contribution in [1.29, 1.82) is 0 Å². The second-order valence-corrected chi connectivity index (χ2v) is 11.3. The van der Waals surface area contributed by atoms with Gasteiger partial charge in [0.25, 0.3) is 15.9 Å². The maximum absolute atomic E-state index is 13.2. The first-order chi connectivity index (χ1) is 18.3. The molecule has 3 N–H and O–H groups in total. The Morgan fingerprint density at radius 1 is 1.16 bits per heavy atom. The van der Waals surface area contributed by atoms with Crippen LogP contribution in [0, 0.1) is 5.92 Å². The molecule has 2 aliphatic rings. The molecule has 0 spiro atoms. The van der Waals surface area contributed by atoms with Crippen LogP contribution >= 0.6 is 0 Å². The van der Waals surface area contributed by atoms with Crippen LogP contribution in [0.4, 0.5) is 0 Å². The SMILES string of the molecule is CC[C@@H]1C[C@]1(NC(=O)[C@@H]1CC(Oc2nccc3cc(OC)ccc23)CN1)C(=O)NS(=O)(=O)c1ccccc1. The summed E-state index contributed by atoms with van der Waals surface area (Å²) in [6.07, 6.45) is 2.72. The number of methoxy groups -OCH3 is 1. The Labute approximate surface area is 221 Å². The highest BCUT2D eigenvalue weighted by molar-refractivity contribution is 7.90. The summed E-state index contributed by atoms with van der Waals surface area (Å²) in [4.78, 5) is 30.7. The quantitative estimate of drug-likeness (QED) is 0.377. The molecule has 11 heteroatoms. The topological polar surface area (TPSA) is 136 Å². The van der Waals surface area contributed by atoms with Crippen molar-refractivity contribution < 1.29 is 27.5 Å². The molecule has 2 aromatic carbocycles. The van der Waals surface area contributed by atoms with Gasteiger partial charge in [0.15, 0.2) is 0 Å². The molecule has 1 unspecified atom stereocenters. The summed E-state index contributed by atoms with van der Waals surface area (Å²) in [5, 5.41) is 7.76. The van der Waals surface area contributed by atoms with E-state index in [1.807, 2.05) is 31.2 Å². The number of aromatic nitrogens is 1. The van der Waals surface area contributed by atoms with Crippen LogP contribution in [0.3, 0.4) is 0 Å². The second kappa shape index (κ2) is 10.2. The van der Waals surface area contributed by atoms with E-state index in [4.69, 9.17) is 9.47 Å². The Hall–Kier alpha value is -3.70. The van der Waals surface area contributed by atoms with E-state index in [1.54, 1.807) is 31.5 Å². The molecule has 1 saturated carbocycles. The maximum Gasteiger partial charge on any atom is 0.264 e. The molecule has 2 amide bonds. The molecule has 0 radical (unpaired) electrons. The normalized spacial score (nSPS) is 24.5. The number of nitrogens with one attached hydrogen (secondary N) is 3. The minimum absolute atomic E-state index is 0.0125.